The van der Waals surface area contributed by atoms with E-state index in [1.54, 1.807) is 12.1 Å². The molecule has 0 spiro atoms. The maximum absolute atomic E-state index is 13.8. The van der Waals surface area contributed by atoms with Gasteiger partial charge in [-0.25, -0.2) is 4.39 Å². The number of aromatic amines is 2. The van der Waals surface area contributed by atoms with Gasteiger partial charge in [0, 0.05) is 35.9 Å². The first-order chi connectivity index (χ1) is 10.5. The van der Waals surface area contributed by atoms with Crippen LogP contribution in [0.4, 0.5) is 4.39 Å². The number of nitrogens with zero attached hydrogens (tertiary/aromatic N) is 2. The van der Waals surface area contributed by atoms with Crippen LogP contribution >= 0.6 is 0 Å². The number of aromatic nitrogens is 3. The Morgan fingerprint density at radius 1 is 1.27 bits per heavy atom. The summed E-state index contributed by atoms with van der Waals surface area (Å²) in [7, 11) is 1.92. The Balaban J connectivity index is 1.84. The van der Waals surface area contributed by atoms with Gasteiger partial charge >= 0.3 is 0 Å². The minimum absolute atomic E-state index is 0.174. The summed E-state index contributed by atoms with van der Waals surface area (Å²) in [6.45, 7) is 3.09. The van der Waals surface area contributed by atoms with E-state index in [2.05, 4.69) is 15.2 Å². The maximum Gasteiger partial charge on any atom is 0.189 e. The second kappa shape index (κ2) is 5.73. The van der Waals surface area contributed by atoms with Crippen LogP contribution in [0.3, 0.4) is 0 Å². The number of benzene rings is 1. The molecular weight excluding hydrogens is 283 g/mol. The molecule has 0 unspecified atom stereocenters. The third kappa shape index (κ3) is 2.92. The first-order valence-electron chi connectivity index (χ1n) is 7.03. The molecule has 22 heavy (non-hydrogen) atoms. The Morgan fingerprint density at radius 3 is 2.82 bits per heavy atom. The Labute approximate surface area is 126 Å². The lowest BCUT2D eigenvalue weighted by Gasteiger charge is -2.15. The van der Waals surface area contributed by atoms with Gasteiger partial charge in [-0.3, -0.25) is 14.8 Å². The molecule has 0 saturated carbocycles. The molecule has 0 aliphatic rings. The SMILES string of the molecule is Cc1cc(CN(C)Cc2cc(=O)c3cccc(F)c3[nH]2)n[nH]1. The van der Waals surface area contributed by atoms with Crippen molar-refractivity contribution in [2.45, 2.75) is 20.0 Å². The lowest BCUT2D eigenvalue weighted by molar-refractivity contribution is 0.311. The van der Waals surface area contributed by atoms with Gasteiger partial charge < -0.3 is 4.98 Å². The Kier molecular flexibility index (Phi) is 3.77. The lowest BCUT2D eigenvalue weighted by atomic mass is 10.2. The highest BCUT2D eigenvalue weighted by atomic mass is 19.1. The second-order valence-corrected chi connectivity index (χ2v) is 5.54. The molecule has 2 aromatic heterocycles. The molecule has 6 heteroatoms. The highest BCUT2D eigenvalue weighted by Gasteiger charge is 2.09. The van der Waals surface area contributed by atoms with Gasteiger partial charge in [0.05, 0.1) is 11.2 Å². The van der Waals surface area contributed by atoms with Gasteiger partial charge in [-0.05, 0) is 32.2 Å². The predicted molar refractivity (Wildman–Crippen MR) is 83.0 cm³/mol. The Bertz CT molecular complexity index is 868. The van der Waals surface area contributed by atoms with E-state index in [-0.39, 0.29) is 10.9 Å². The molecule has 0 aliphatic heterocycles. The maximum atomic E-state index is 13.8. The van der Waals surface area contributed by atoms with Crippen molar-refractivity contribution in [2.75, 3.05) is 7.05 Å². The first kappa shape index (κ1) is 14.5. The number of hydrogen-bond acceptors (Lipinski definition) is 3. The molecule has 114 valence electrons. The number of nitrogens with one attached hydrogen (secondary N) is 2. The number of para-hydroxylation sites is 1. The van der Waals surface area contributed by atoms with E-state index in [0.717, 1.165) is 11.4 Å². The van der Waals surface area contributed by atoms with E-state index in [0.29, 0.717) is 24.2 Å². The molecule has 3 aromatic rings. The molecular formula is C16H17FN4O. The van der Waals surface area contributed by atoms with Crippen molar-refractivity contribution in [3.63, 3.8) is 0 Å². The molecule has 0 bridgehead atoms. The summed E-state index contributed by atoms with van der Waals surface area (Å²) in [6.07, 6.45) is 0. The molecule has 0 radical (unpaired) electrons. The van der Waals surface area contributed by atoms with Gasteiger partial charge in [-0.15, -0.1) is 0 Å². The fourth-order valence-electron chi connectivity index (χ4n) is 2.55. The summed E-state index contributed by atoms with van der Waals surface area (Å²) in [4.78, 5) is 17.1. The summed E-state index contributed by atoms with van der Waals surface area (Å²) >= 11 is 0. The van der Waals surface area contributed by atoms with E-state index in [9.17, 15) is 9.18 Å². The van der Waals surface area contributed by atoms with Crippen molar-refractivity contribution in [2.24, 2.45) is 0 Å². The average molecular weight is 300 g/mol. The predicted octanol–water partition coefficient (Wildman–Crippen LogP) is 2.33. The zero-order chi connectivity index (χ0) is 15.7. The van der Waals surface area contributed by atoms with Crippen LogP contribution < -0.4 is 5.43 Å². The topological polar surface area (TPSA) is 64.8 Å². The molecule has 5 nitrogen and oxygen atoms in total. The molecule has 2 heterocycles. The van der Waals surface area contributed by atoms with Gasteiger partial charge in [0.1, 0.15) is 5.82 Å². The summed E-state index contributed by atoms with van der Waals surface area (Å²) in [6, 6.07) is 8.00. The molecule has 2 N–H and O–H groups in total. The van der Waals surface area contributed by atoms with E-state index < -0.39 is 5.82 Å². The second-order valence-electron chi connectivity index (χ2n) is 5.54. The van der Waals surface area contributed by atoms with Crippen LogP contribution in [0.25, 0.3) is 10.9 Å². The van der Waals surface area contributed by atoms with Gasteiger partial charge in [-0.1, -0.05) is 6.07 Å². The molecule has 0 saturated heterocycles. The first-order valence-corrected chi connectivity index (χ1v) is 7.03. The van der Waals surface area contributed by atoms with Crippen LogP contribution in [0.5, 0.6) is 0 Å². The molecule has 1 aromatic carbocycles. The minimum atomic E-state index is -0.415. The van der Waals surface area contributed by atoms with Crippen molar-refractivity contribution < 1.29 is 4.39 Å². The van der Waals surface area contributed by atoms with Crippen LogP contribution in [0, 0.1) is 12.7 Å². The van der Waals surface area contributed by atoms with Crippen molar-refractivity contribution in [3.05, 3.63) is 63.5 Å². The Morgan fingerprint density at radius 2 is 2.09 bits per heavy atom. The van der Waals surface area contributed by atoms with Crippen LogP contribution in [-0.4, -0.2) is 27.1 Å². The summed E-state index contributed by atoms with van der Waals surface area (Å²) in [5.74, 6) is -0.415. The van der Waals surface area contributed by atoms with E-state index >= 15 is 0 Å². The minimum Gasteiger partial charge on any atom is -0.355 e. The van der Waals surface area contributed by atoms with Crippen LogP contribution in [0.1, 0.15) is 17.1 Å². The van der Waals surface area contributed by atoms with Crippen molar-refractivity contribution in [3.8, 4) is 0 Å². The molecule has 0 fully saturated rings. The lowest BCUT2D eigenvalue weighted by Crippen LogP contribution is -2.19. The number of rotatable bonds is 4. The van der Waals surface area contributed by atoms with Gasteiger partial charge in [0.15, 0.2) is 5.43 Å². The summed E-state index contributed by atoms with van der Waals surface area (Å²) < 4.78 is 13.8. The monoisotopic (exact) mass is 300 g/mol. The highest BCUT2D eigenvalue weighted by molar-refractivity contribution is 5.78. The van der Waals surface area contributed by atoms with E-state index in [4.69, 9.17) is 0 Å². The molecule has 0 atom stereocenters. The smallest absolute Gasteiger partial charge is 0.189 e. The molecule has 3 rings (SSSR count). The largest absolute Gasteiger partial charge is 0.355 e. The number of aryl methyl sites for hydroxylation is 1. The normalized spacial score (nSPS) is 11.5. The third-order valence-electron chi connectivity index (χ3n) is 3.50. The van der Waals surface area contributed by atoms with Crippen molar-refractivity contribution in [1.82, 2.24) is 20.1 Å². The number of pyridine rings is 1. The highest BCUT2D eigenvalue weighted by Crippen LogP contribution is 2.13. The standard InChI is InChI=1S/C16H17FN4O/c1-10-6-12(20-19-10)9-21(2)8-11-7-15(22)13-4-3-5-14(17)16(13)18-11/h3-7H,8-9H2,1-2H3,(H,18,22)(H,19,20). The van der Waals surface area contributed by atoms with E-state index in [1.807, 2.05) is 24.9 Å². The number of fused-ring (bicyclic) bond motifs is 1. The molecule has 0 amide bonds. The average Bonchev–Trinajstić information content (AvgIpc) is 2.85. The number of halogens is 1. The van der Waals surface area contributed by atoms with Crippen LogP contribution in [-0.2, 0) is 13.1 Å². The van der Waals surface area contributed by atoms with Crippen molar-refractivity contribution >= 4 is 10.9 Å². The number of H-pyrrole nitrogens is 2. The van der Waals surface area contributed by atoms with Crippen LogP contribution in [0.15, 0.2) is 35.1 Å². The number of hydrogen-bond donors (Lipinski definition) is 2. The van der Waals surface area contributed by atoms with Gasteiger partial charge in [-0.2, -0.15) is 5.10 Å². The zero-order valence-corrected chi connectivity index (χ0v) is 12.5. The third-order valence-corrected chi connectivity index (χ3v) is 3.50. The molecule has 0 aliphatic carbocycles. The van der Waals surface area contributed by atoms with Gasteiger partial charge in [0.2, 0.25) is 0 Å². The fraction of sp³-hybridized carbons (Fsp3) is 0.250. The zero-order valence-electron chi connectivity index (χ0n) is 12.5. The van der Waals surface area contributed by atoms with Gasteiger partial charge in [0.25, 0.3) is 0 Å². The van der Waals surface area contributed by atoms with E-state index in [1.165, 1.54) is 12.1 Å². The summed E-state index contributed by atoms with van der Waals surface area (Å²) in [5.41, 5.74) is 2.69. The van der Waals surface area contributed by atoms with Crippen LogP contribution in [0.2, 0.25) is 0 Å². The fourth-order valence-corrected chi connectivity index (χ4v) is 2.55. The Hall–Kier alpha value is -2.47. The van der Waals surface area contributed by atoms with Crippen molar-refractivity contribution in [1.29, 1.82) is 0 Å². The quantitative estimate of drug-likeness (QED) is 0.777. The summed E-state index contributed by atoms with van der Waals surface area (Å²) in [5, 5.41) is 7.44.